The predicted molar refractivity (Wildman–Crippen MR) is 124 cm³/mol. The van der Waals surface area contributed by atoms with Crippen molar-refractivity contribution in [1.82, 2.24) is 9.55 Å². The smallest absolute Gasteiger partial charge is 0.351 e. The molecule has 0 unspecified atom stereocenters. The highest BCUT2D eigenvalue weighted by Crippen LogP contribution is 2.34. The van der Waals surface area contributed by atoms with Gasteiger partial charge in [0.05, 0.1) is 35.9 Å². The molecule has 1 aromatic heterocycles. The van der Waals surface area contributed by atoms with Crippen LogP contribution in [0.2, 0.25) is 0 Å². The molecular weight excluding hydrogens is 444 g/mol. The van der Waals surface area contributed by atoms with Gasteiger partial charge >= 0.3 is 5.69 Å². The van der Waals surface area contributed by atoms with Crippen LogP contribution in [-0.2, 0) is 22.5 Å². The quantitative estimate of drug-likeness (QED) is 0.345. The molecule has 1 saturated heterocycles. The van der Waals surface area contributed by atoms with Gasteiger partial charge in [0.15, 0.2) is 0 Å². The Morgan fingerprint density at radius 2 is 2.15 bits per heavy atom. The van der Waals surface area contributed by atoms with Gasteiger partial charge in [-0.05, 0) is 30.4 Å². The van der Waals surface area contributed by atoms with Gasteiger partial charge in [-0.25, -0.2) is 4.79 Å². The second kappa shape index (κ2) is 11.0. The molecule has 0 bridgehead atoms. The van der Waals surface area contributed by atoms with Gasteiger partial charge in [-0.15, -0.1) is 0 Å². The van der Waals surface area contributed by atoms with E-state index in [1.165, 1.54) is 10.8 Å². The number of nitro groups is 1. The number of aliphatic hydroxyl groups excluding tert-OH is 2. The highest BCUT2D eigenvalue weighted by Gasteiger charge is 2.35. The van der Waals surface area contributed by atoms with Gasteiger partial charge in [-0.3, -0.25) is 14.7 Å². The average molecular weight is 477 g/mol. The number of nitrogens with zero attached hydrogens (tertiary/aromatic N) is 3. The first kappa shape index (κ1) is 25.8. The Kier molecular flexibility index (Phi) is 8.37. The minimum absolute atomic E-state index is 0.00413. The molecule has 4 N–H and O–H groups in total. The van der Waals surface area contributed by atoms with Crippen LogP contribution in [0.4, 0.5) is 11.5 Å². The molecule has 0 radical (unpaired) electrons. The molecule has 3 rings (SSSR count). The Morgan fingerprint density at radius 1 is 1.41 bits per heavy atom. The fourth-order valence-corrected chi connectivity index (χ4v) is 4.03. The molecule has 1 fully saturated rings. The molecule has 0 aliphatic carbocycles. The van der Waals surface area contributed by atoms with Crippen LogP contribution in [0.3, 0.4) is 0 Å². The highest BCUT2D eigenvalue weighted by molar-refractivity contribution is 5.45. The van der Waals surface area contributed by atoms with Gasteiger partial charge in [-0.1, -0.05) is 26.8 Å². The molecule has 11 nitrogen and oxygen atoms in total. The summed E-state index contributed by atoms with van der Waals surface area (Å²) in [6, 6.07) is 5.16. The van der Waals surface area contributed by atoms with E-state index in [1.807, 2.05) is 26.8 Å². The average Bonchev–Trinajstić information content (AvgIpc) is 3.17. The summed E-state index contributed by atoms with van der Waals surface area (Å²) in [5, 5.41) is 31.1. The van der Waals surface area contributed by atoms with Crippen molar-refractivity contribution in [3.05, 3.63) is 61.7 Å². The fourth-order valence-electron chi connectivity index (χ4n) is 4.03. The van der Waals surface area contributed by atoms with Crippen LogP contribution in [0.5, 0.6) is 0 Å². The zero-order valence-electron chi connectivity index (χ0n) is 19.6. The van der Waals surface area contributed by atoms with Crippen LogP contribution in [0.1, 0.15) is 62.6 Å². The number of nitrogens with two attached hydrogens (primary N) is 1. The molecule has 34 heavy (non-hydrogen) atoms. The van der Waals surface area contributed by atoms with Gasteiger partial charge < -0.3 is 25.4 Å². The topological polar surface area (TPSA) is 163 Å². The van der Waals surface area contributed by atoms with Crippen LogP contribution >= 0.6 is 0 Å². The molecule has 0 amide bonds. The van der Waals surface area contributed by atoms with Crippen molar-refractivity contribution < 1.29 is 24.6 Å². The summed E-state index contributed by atoms with van der Waals surface area (Å²) < 4.78 is 12.9. The third-order valence-electron chi connectivity index (χ3n) is 5.93. The third-order valence-corrected chi connectivity index (χ3v) is 5.93. The number of nitro benzene ring substituents is 1. The van der Waals surface area contributed by atoms with Crippen molar-refractivity contribution in [2.75, 3.05) is 12.3 Å². The molecule has 4 atom stereocenters. The van der Waals surface area contributed by atoms with Crippen molar-refractivity contribution in [3.63, 3.8) is 0 Å². The summed E-state index contributed by atoms with van der Waals surface area (Å²) in [6.07, 6.45) is -0.302. The molecule has 1 aliphatic heterocycles. The molecule has 2 aromatic rings. The molecule has 2 heterocycles. The first-order valence-corrected chi connectivity index (χ1v) is 11.3. The maximum absolute atomic E-state index is 12.4. The lowest BCUT2D eigenvalue weighted by atomic mass is 9.96. The van der Waals surface area contributed by atoms with Crippen molar-refractivity contribution in [2.24, 2.45) is 5.92 Å². The molecular formula is C23H32N4O7. The number of aliphatic hydroxyl groups is 2. The first-order chi connectivity index (χ1) is 16.1. The lowest BCUT2D eigenvalue weighted by molar-refractivity contribution is -0.386. The van der Waals surface area contributed by atoms with Crippen molar-refractivity contribution in [2.45, 2.75) is 71.2 Å². The van der Waals surface area contributed by atoms with E-state index in [0.29, 0.717) is 24.0 Å². The predicted octanol–water partition coefficient (Wildman–Crippen LogP) is 2.24. The second-order valence-electron chi connectivity index (χ2n) is 8.89. The van der Waals surface area contributed by atoms with E-state index in [0.717, 1.165) is 5.56 Å². The standard InChI is InChI=1S/C23H32N4O7/c1-4-14-5-6-16(17(8-14)27(31)32)19(7-13(2)3)33-12-15-10-26(23(30)25-22(15)24)21-9-18(29)20(11-28)34-21/h5-6,8,10,13,18-21,28-29H,4,7,9,11-12H2,1-3H3,(H2,24,25,30)/t18-,19-,20-,21-/m1/s1. The van der Waals surface area contributed by atoms with Crippen molar-refractivity contribution in [1.29, 1.82) is 0 Å². The zero-order chi connectivity index (χ0) is 25.0. The van der Waals surface area contributed by atoms with E-state index in [2.05, 4.69) is 4.98 Å². The molecule has 1 aromatic carbocycles. The third kappa shape index (κ3) is 5.79. The van der Waals surface area contributed by atoms with Gasteiger partial charge in [0.1, 0.15) is 18.1 Å². The second-order valence-corrected chi connectivity index (χ2v) is 8.89. The number of aryl methyl sites for hydroxylation is 1. The Balaban J connectivity index is 1.88. The summed E-state index contributed by atoms with van der Waals surface area (Å²) in [5.74, 6) is 0.182. The van der Waals surface area contributed by atoms with Crippen molar-refractivity contribution in [3.8, 4) is 0 Å². The Bertz CT molecular complexity index is 1070. The minimum atomic E-state index is -0.916. The summed E-state index contributed by atoms with van der Waals surface area (Å²) in [6.45, 7) is 5.51. The summed E-state index contributed by atoms with van der Waals surface area (Å²) in [5.41, 5.74) is 7.07. The number of hydrogen-bond donors (Lipinski definition) is 3. The molecule has 11 heteroatoms. The van der Waals surface area contributed by atoms with Gasteiger partial charge in [0, 0.05) is 24.2 Å². The van der Waals surface area contributed by atoms with E-state index in [1.54, 1.807) is 12.1 Å². The number of ether oxygens (including phenoxy) is 2. The minimum Gasteiger partial charge on any atom is -0.394 e. The molecule has 186 valence electrons. The van der Waals surface area contributed by atoms with Crippen molar-refractivity contribution >= 4 is 11.5 Å². The number of anilines is 1. The molecule has 0 spiro atoms. The SMILES string of the molecule is CCc1ccc([C@@H](CC(C)C)OCc2cn([C@H]3C[C@@H](O)[C@@H](CO)O3)c(=O)nc2N)c([N+](=O)[O-])c1. The van der Waals surface area contributed by atoms with Crippen LogP contribution < -0.4 is 11.4 Å². The van der Waals surface area contributed by atoms with E-state index < -0.39 is 35.2 Å². The van der Waals surface area contributed by atoms with E-state index in [4.69, 9.17) is 15.2 Å². The monoisotopic (exact) mass is 476 g/mol. The highest BCUT2D eigenvalue weighted by atomic mass is 16.6. The summed E-state index contributed by atoms with van der Waals surface area (Å²) in [4.78, 5) is 27.6. The van der Waals surface area contributed by atoms with E-state index in [9.17, 15) is 25.1 Å². The van der Waals surface area contributed by atoms with E-state index in [-0.39, 0.29) is 37.1 Å². The summed E-state index contributed by atoms with van der Waals surface area (Å²) >= 11 is 0. The van der Waals surface area contributed by atoms with Gasteiger partial charge in [-0.2, -0.15) is 4.98 Å². The number of aromatic nitrogens is 2. The lowest BCUT2D eigenvalue weighted by Crippen LogP contribution is -2.29. The van der Waals surface area contributed by atoms with Gasteiger partial charge in [0.2, 0.25) is 0 Å². The zero-order valence-corrected chi connectivity index (χ0v) is 19.6. The molecule has 0 saturated carbocycles. The lowest BCUT2D eigenvalue weighted by Gasteiger charge is -2.22. The Morgan fingerprint density at radius 3 is 2.74 bits per heavy atom. The van der Waals surface area contributed by atoms with Crippen LogP contribution in [-0.4, -0.2) is 43.5 Å². The maximum atomic E-state index is 12.4. The number of benzene rings is 1. The number of hydrogen-bond acceptors (Lipinski definition) is 9. The largest absolute Gasteiger partial charge is 0.394 e. The number of nitrogen functional groups attached to an aromatic ring is 1. The van der Waals surface area contributed by atoms with Crippen LogP contribution in [0.15, 0.2) is 29.2 Å². The molecule has 1 aliphatic rings. The number of rotatable bonds is 10. The fraction of sp³-hybridized carbons (Fsp3) is 0.565. The normalized spacial score (nSPS) is 21.2. The summed E-state index contributed by atoms with van der Waals surface area (Å²) in [7, 11) is 0. The first-order valence-electron chi connectivity index (χ1n) is 11.3. The Labute approximate surface area is 197 Å². The van der Waals surface area contributed by atoms with Crippen LogP contribution in [0.25, 0.3) is 0 Å². The maximum Gasteiger partial charge on any atom is 0.351 e. The van der Waals surface area contributed by atoms with E-state index >= 15 is 0 Å². The van der Waals surface area contributed by atoms with Crippen LogP contribution in [0, 0.1) is 16.0 Å². The Hall–Kier alpha value is -2.86. The van der Waals surface area contributed by atoms with Gasteiger partial charge in [0.25, 0.3) is 5.69 Å².